The number of pyridine rings is 1. The highest BCUT2D eigenvalue weighted by atomic mass is 19.1. The number of carbonyl (C=O) groups is 1. The lowest BCUT2D eigenvalue weighted by Crippen LogP contribution is -2.44. The molecule has 0 saturated carbocycles. The summed E-state index contributed by atoms with van der Waals surface area (Å²) >= 11 is 0. The second-order valence-corrected chi connectivity index (χ2v) is 8.76. The number of H-pyrrole nitrogens is 1. The molecule has 0 unspecified atom stereocenters. The van der Waals surface area contributed by atoms with Crippen LogP contribution in [-0.2, 0) is 6.54 Å². The molecule has 1 aromatic carbocycles. The fourth-order valence-corrected chi connectivity index (χ4v) is 3.61. The highest BCUT2D eigenvalue weighted by Crippen LogP contribution is 2.16. The van der Waals surface area contributed by atoms with E-state index in [1.54, 1.807) is 42.7 Å². The molecule has 10 heteroatoms. The summed E-state index contributed by atoms with van der Waals surface area (Å²) in [6.45, 7) is 4.25. The van der Waals surface area contributed by atoms with Crippen LogP contribution in [0.3, 0.4) is 0 Å². The molecule has 0 radical (unpaired) electrons. The highest BCUT2D eigenvalue weighted by molar-refractivity contribution is 6.04. The summed E-state index contributed by atoms with van der Waals surface area (Å²) in [4.78, 5) is 28.5. The molecule has 198 valence electrons. The minimum atomic E-state index is -0.418. The monoisotopic (exact) mass is 516 g/mol. The van der Waals surface area contributed by atoms with Gasteiger partial charge in [-0.2, -0.15) is 0 Å². The maximum Gasteiger partial charge on any atom is 0.255 e. The smallest absolute Gasteiger partial charge is 0.255 e. The maximum absolute atomic E-state index is 14.7. The molecule has 0 atom stereocenters. The Balaban J connectivity index is 0.00000127. The quantitative estimate of drug-likeness (QED) is 0.296. The Morgan fingerprint density at radius 2 is 1.92 bits per heavy atom. The van der Waals surface area contributed by atoms with Crippen LogP contribution >= 0.6 is 0 Å². The summed E-state index contributed by atoms with van der Waals surface area (Å²) in [5.74, 6) is 5.71. The normalized spacial score (nSPS) is 13.8. The third-order valence-corrected chi connectivity index (χ3v) is 5.59. The number of carbonyl (C=O) groups excluding carboxylic acids is 1. The van der Waals surface area contributed by atoms with Crippen molar-refractivity contribution < 1.29 is 9.18 Å². The molecule has 1 aliphatic heterocycles. The van der Waals surface area contributed by atoms with E-state index in [9.17, 15) is 9.18 Å². The number of hydrogen-bond acceptors (Lipinski definition) is 7. The van der Waals surface area contributed by atoms with E-state index in [1.165, 1.54) is 12.3 Å². The van der Waals surface area contributed by atoms with Gasteiger partial charge in [-0.15, -0.1) is 0 Å². The van der Waals surface area contributed by atoms with Crippen molar-refractivity contribution in [2.75, 3.05) is 52.6 Å². The van der Waals surface area contributed by atoms with Crippen molar-refractivity contribution in [2.24, 2.45) is 0 Å². The number of nitrogens with one attached hydrogen (secondary N) is 4. The molecule has 4 rings (SSSR count). The minimum Gasteiger partial charge on any atom is -0.332 e. The number of amides is 1. The van der Waals surface area contributed by atoms with E-state index in [1.807, 2.05) is 14.1 Å². The first-order valence-corrected chi connectivity index (χ1v) is 12.2. The minimum absolute atomic E-state index is 0.240. The number of imidazole rings is 1. The Morgan fingerprint density at radius 3 is 2.63 bits per heavy atom. The number of piperazine rings is 1. The van der Waals surface area contributed by atoms with Crippen molar-refractivity contribution >= 4 is 23.9 Å². The molecule has 0 aliphatic carbocycles. The van der Waals surface area contributed by atoms with Crippen LogP contribution < -0.4 is 10.6 Å². The van der Waals surface area contributed by atoms with Crippen LogP contribution in [0.5, 0.6) is 0 Å². The molecule has 0 spiro atoms. The summed E-state index contributed by atoms with van der Waals surface area (Å²) in [6.07, 6.45) is 9.07. The van der Waals surface area contributed by atoms with Gasteiger partial charge in [0.1, 0.15) is 17.3 Å². The zero-order chi connectivity index (χ0) is 27.3. The van der Waals surface area contributed by atoms with Gasteiger partial charge in [-0.25, -0.2) is 9.37 Å². The second kappa shape index (κ2) is 14.5. The number of benzene rings is 1. The SMILES string of the molecule is CN1CCN(Cc2ccc(C(=O)Nc3cncc(C#Cc4cnc(/C=C\C=N)[nH]4)c3)cc2F)CC1.CNC. The third kappa shape index (κ3) is 8.74. The summed E-state index contributed by atoms with van der Waals surface area (Å²) in [5.41, 5.74) is 2.49. The molecule has 1 saturated heterocycles. The van der Waals surface area contributed by atoms with Crippen LogP contribution in [0.25, 0.3) is 6.08 Å². The average molecular weight is 517 g/mol. The molecule has 4 N–H and O–H groups in total. The van der Waals surface area contributed by atoms with Crippen LogP contribution in [0.2, 0.25) is 0 Å². The first-order chi connectivity index (χ1) is 18.4. The van der Waals surface area contributed by atoms with E-state index in [-0.39, 0.29) is 11.4 Å². The fraction of sp³-hybridized carbons (Fsp3) is 0.286. The van der Waals surface area contributed by atoms with E-state index in [0.29, 0.717) is 34.9 Å². The number of nitrogens with zero attached hydrogens (tertiary/aromatic N) is 4. The van der Waals surface area contributed by atoms with Gasteiger partial charge >= 0.3 is 0 Å². The molecule has 3 aromatic rings. The Hall–Kier alpha value is -4.17. The molecule has 1 aliphatic rings. The first kappa shape index (κ1) is 28.4. The van der Waals surface area contributed by atoms with E-state index in [2.05, 4.69) is 54.3 Å². The Morgan fingerprint density at radius 1 is 1.16 bits per heavy atom. The van der Waals surface area contributed by atoms with Gasteiger partial charge in [0.05, 0.1) is 18.1 Å². The zero-order valence-corrected chi connectivity index (χ0v) is 21.9. The van der Waals surface area contributed by atoms with Crippen molar-refractivity contribution in [3.8, 4) is 11.8 Å². The second-order valence-electron chi connectivity index (χ2n) is 8.76. The van der Waals surface area contributed by atoms with Crippen molar-refractivity contribution in [2.45, 2.75) is 6.54 Å². The van der Waals surface area contributed by atoms with Crippen LogP contribution in [0.4, 0.5) is 10.1 Å². The lowest BCUT2D eigenvalue weighted by atomic mass is 10.1. The number of aromatic amines is 1. The summed E-state index contributed by atoms with van der Waals surface area (Å²) in [7, 11) is 5.83. The highest BCUT2D eigenvalue weighted by Gasteiger charge is 2.17. The van der Waals surface area contributed by atoms with Gasteiger partial charge in [0.25, 0.3) is 5.91 Å². The third-order valence-electron chi connectivity index (χ3n) is 5.59. The van der Waals surface area contributed by atoms with Gasteiger partial charge in [0.15, 0.2) is 0 Å². The average Bonchev–Trinajstić information content (AvgIpc) is 3.37. The molecule has 0 bridgehead atoms. The Kier molecular flexibility index (Phi) is 10.9. The number of anilines is 1. The topological polar surface area (TPSA) is 113 Å². The largest absolute Gasteiger partial charge is 0.332 e. The van der Waals surface area contributed by atoms with Crippen LogP contribution in [-0.4, -0.2) is 84.2 Å². The van der Waals surface area contributed by atoms with Crippen molar-refractivity contribution in [3.05, 3.63) is 83.0 Å². The lowest BCUT2D eigenvalue weighted by Gasteiger charge is -2.32. The van der Waals surface area contributed by atoms with Crippen molar-refractivity contribution in [1.82, 2.24) is 30.1 Å². The number of aromatic nitrogens is 3. The predicted molar refractivity (Wildman–Crippen MR) is 149 cm³/mol. The standard InChI is InChI=1S/C26H26FN7O.C2H7N/c1-33-9-11-34(12-10-33)18-21-6-5-20(14-24(21)27)26(35)32-23-13-19(15-29-16-23)4-7-22-17-30-25(31-22)3-2-8-28;1-3-2/h2-3,5-6,8,13-17,28H,9-12,18H2,1H3,(H,30,31)(H,32,35);3H,1-2H3/b3-2-,28-8?;. The number of hydrogen-bond donors (Lipinski definition) is 4. The Bertz CT molecular complexity index is 1320. The number of rotatable bonds is 6. The van der Waals surface area contributed by atoms with Gasteiger partial charge in [-0.05, 0) is 57.4 Å². The van der Waals surface area contributed by atoms with E-state index < -0.39 is 5.91 Å². The number of halogens is 1. The summed E-state index contributed by atoms with van der Waals surface area (Å²) in [6, 6.07) is 6.30. The van der Waals surface area contributed by atoms with Crippen LogP contribution in [0.15, 0.2) is 48.9 Å². The molecule has 38 heavy (non-hydrogen) atoms. The molecule has 3 heterocycles. The fourth-order valence-electron chi connectivity index (χ4n) is 3.61. The summed E-state index contributed by atoms with van der Waals surface area (Å²) < 4.78 is 14.7. The number of likely N-dealkylation sites (N-methyl/N-ethyl adjacent to an activating group) is 1. The lowest BCUT2D eigenvalue weighted by molar-refractivity contribution is 0.102. The predicted octanol–water partition coefficient (Wildman–Crippen LogP) is 2.84. The molecule has 2 aromatic heterocycles. The first-order valence-electron chi connectivity index (χ1n) is 12.2. The number of allylic oxidation sites excluding steroid dienone is 1. The van der Waals surface area contributed by atoms with Gasteiger partial charge < -0.3 is 25.9 Å². The van der Waals surface area contributed by atoms with E-state index in [0.717, 1.165) is 32.4 Å². The van der Waals surface area contributed by atoms with Gasteiger partial charge in [-0.1, -0.05) is 12.0 Å². The molecule has 1 fully saturated rings. The maximum atomic E-state index is 14.7. The molecular weight excluding hydrogens is 483 g/mol. The Labute approximate surface area is 222 Å². The van der Waals surface area contributed by atoms with Crippen molar-refractivity contribution in [1.29, 1.82) is 5.41 Å². The van der Waals surface area contributed by atoms with Crippen LogP contribution in [0.1, 0.15) is 33.0 Å². The van der Waals surface area contributed by atoms with E-state index in [4.69, 9.17) is 5.41 Å². The van der Waals surface area contributed by atoms with Crippen molar-refractivity contribution in [3.63, 3.8) is 0 Å². The van der Waals surface area contributed by atoms with E-state index >= 15 is 0 Å². The van der Waals surface area contributed by atoms with Gasteiger partial charge in [0, 0.05) is 61.8 Å². The molecule has 1 amide bonds. The molecule has 9 nitrogen and oxygen atoms in total. The molecular formula is C28H33FN8O. The zero-order valence-electron chi connectivity index (χ0n) is 21.9. The van der Waals surface area contributed by atoms with Gasteiger partial charge in [-0.3, -0.25) is 14.7 Å². The summed E-state index contributed by atoms with van der Waals surface area (Å²) in [5, 5.41) is 12.5. The van der Waals surface area contributed by atoms with Gasteiger partial charge in [0.2, 0.25) is 0 Å². The van der Waals surface area contributed by atoms with Crippen LogP contribution in [0, 0.1) is 23.1 Å².